The van der Waals surface area contributed by atoms with Gasteiger partial charge in [0.05, 0.1) is 0 Å². The third kappa shape index (κ3) is 2.24. The normalized spacial score (nSPS) is 10.2. The quantitative estimate of drug-likeness (QED) is 0.474. The van der Waals surface area contributed by atoms with Crippen molar-refractivity contribution in [2.24, 2.45) is 5.84 Å². The number of nitrogens with one attached hydrogen (secondary N) is 2. The van der Waals surface area contributed by atoms with E-state index in [1.54, 1.807) is 12.1 Å². The predicted molar refractivity (Wildman–Crippen MR) is 69.6 cm³/mol. The molecule has 1 amide bonds. The summed E-state index contributed by atoms with van der Waals surface area (Å²) in [5, 5.41) is 0. The molecule has 2 rings (SSSR count). The summed E-state index contributed by atoms with van der Waals surface area (Å²) in [6.45, 7) is 4.11. The molecule has 4 N–H and O–H groups in total. The van der Waals surface area contributed by atoms with Crippen molar-refractivity contribution in [2.75, 3.05) is 0 Å². The Labute approximate surface area is 106 Å². The fourth-order valence-electron chi connectivity index (χ4n) is 1.88. The number of rotatable bonds is 2. The fraction of sp³-hybridized carbons (Fsp3) is 0.143. The van der Waals surface area contributed by atoms with Crippen LogP contribution in [0.4, 0.5) is 0 Å². The predicted octanol–water partition coefficient (Wildman–Crippen LogP) is 1.39. The average Bonchev–Trinajstić information content (AvgIpc) is 2.41. The number of hydrazine groups is 1. The Kier molecular flexibility index (Phi) is 3.39. The first-order valence-corrected chi connectivity index (χ1v) is 5.72. The molecule has 0 saturated carbocycles. The molecule has 1 aromatic carbocycles. The summed E-state index contributed by atoms with van der Waals surface area (Å²) in [6, 6.07) is 9.41. The maximum Gasteiger partial charge on any atom is 0.265 e. The maximum atomic E-state index is 11.3. The first-order chi connectivity index (χ1) is 8.63. The molecule has 0 radical (unpaired) electrons. The molecule has 0 fully saturated rings. The number of aryl methyl sites for hydroxylation is 1. The van der Waals surface area contributed by atoms with Crippen molar-refractivity contribution in [2.45, 2.75) is 13.8 Å². The van der Waals surface area contributed by atoms with E-state index in [0.717, 1.165) is 16.8 Å². The van der Waals surface area contributed by atoms with Crippen LogP contribution in [-0.4, -0.2) is 5.91 Å². The molecule has 0 bridgehead atoms. The molecule has 18 heavy (non-hydrogen) atoms. The molecule has 2 aromatic rings. The molecule has 0 aliphatic rings. The number of aromatic nitrogens is 1. The van der Waals surface area contributed by atoms with E-state index in [9.17, 15) is 4.79 Å². The van der Waals surface area contributed by atoms with Gasteiger partial charge in [0.15, 0.2) is 11.9 Å². The minimum atomic E-state index is -0.282. The topological polar surface area (TPSA) is 69.3 Å². The van der Waals surface area contributed by atoms with E-state index >= 15 is 0 Å². The summed E-state index contributed by atoms with van der Waals surface area (Å²) < 4.78 is 0. The van der Waals surface area contributed by atoms with Crippen molar-refractivity contribution in [1.29, 1.82) is 0 Å². The second kappa shape index (κ2) is 4.98. The van der Waals surface area contributed by atoms with Gasteiger partial charge in [-0.1, -0.05) is 12.1 Å². The molecule has 0 unspecified atom stereocenters. The molecule has 0 aliphatic carbocycles. The van der Waals surface area contributed by atoms with E-state index in [0.29, 0.717) is 5.56 Å². The van der Waals surface area contributed by atoms with E-state index in [4.69, 9.17) is 5.84 Å². The summed E-state index contributed by atoms with van der Waals surface area (Å²) in [5.41, 5.74) is 7.25. The molecule has 0 aliphatic heterocycles. The highest BCUT2D eigenvalue weighted by Gasteiger charge is 2.09. The van der Waals surface area contributed by atoms with Crippen LogP contribution in [0.2, 0.25) is 0 Å². The lowest BCUT2D eigenvalue weighted by Gasteiger charge is -2.06. The van der Waals surface area contributed by atoms with E-state index in [2.05, 4.69) is 17.3 Å². The molecule has 4 nitrogen and oxygen atoms in total. The minimum Gasteiger partial charge on any atom is -0.290 e. The van der Waals surface area contributed by atoms with Crippen LogP contribution < -0.4 is 16.3 Å². The Hall–Kier alpha value is -2.20. The van der Waals surface area contributed by atoms with Crippen molar-refractivity contribution in [3.63, 3.8) is 0 Å². The Bertz CT molecular complexity index is 576. The lowest BCUT2D eigenvalue weighted by Crippen LogP contribution is -2.29. The van der Waals surface area contributed by atoms with Crippen molar-refractivity contribution in [3.05, 3.63) is 53.3 Å². The van der Waals surface area contributed by atoms with Gasteiger partial charge in [-0.3, -0.25) is 10.2 Å². The van der Waals surface area contributed by atoms with Crippen LogP contribution in [0, 0.1) is 13.8 Å². The molecular weight excluding hydrogens is 226 g/mol. The zero-order chi connectivity index (χ0) is 13.1. The van der Waals surface area contributed by atoms with Crippen LogP contribution >= 0.6 is 0 Å². The number of hydrogen-bond acceptors (Lipinski definition) is 2. The first kappa shape index (κ1) is 12.3. The number of benzene rings is 1. The SMILES string of the molecule is Cc1[nH+]ccc(-c2ccc(C(=O)NN)cc2)c1C. The number of hydrogen-bond donors (Lipinski definition) is 2. The second-order valence-corrected chi connectivity index (χ2v) is 4.19. The Balaban J connectivity index is 2.40. The highest BCUT2D eigenvalue weighted by atomic mass is 16.2. The number of aromatic amines is 1. The number of H-pyrrole nitrogens is 1. The number of carbonyl (C=O) groups is 1. The van der Waals surface area contributed by atoms with Gasteiger partial charge >= 0.3 is 0 Å². The van der Waals surface area contributed by atoms with Gasteiger partial charge in [-0.05, 0) is 30.2 Å². The Morgan fingerprint density at radius 1 is 1.17 bits per heavy atom. The number of nitrogens with two attached hydrogens (primary N) is 1. The molecule has 0 spiro atoms. The van der Waals surface area contributed by atoms with Crippen LogP contribution in [0.25, 0.3) is 11.1 Å². The van der Waals surface area contributed by atoms with Crippen molar-refractivity contribution in [1.82, 2.24) is 5.43 Å². The van der Waals surface area contributed by atoms with Crippen molar-refractivity contribution < 1.29 is 9.78 Å². The summed E-state index contributed by atoms with van der Waals surface area (Å²) in [5.74, 6) is 4.81. The van der Waals surface area contributed by atoms with Gasteiger partial charge in [0.25, 0.3) is 5.91 Å². The lowest BCUT2D eigenvalue weighted by atomic mass is 9.99. The van der Waals surface area contributed by atoms with Crippen LogP contribution in [0.1, 0.15) is 21.6 Å². The molecule has 4 heteroatoms. The Morgan fingerprint density at radius 2 is 1.83 bits per heavy atom. The molecule has 0 atom stereocenters. The number of carbonyl (C=O) groups excluding carboxylic acids is 1. The molecule has 92 valence electrons. The lowest BCUT2D eigenvalue weighted by molar-refractivity contribution is -0.388. The molecule has 1 heterocycles. The second-order valence-electron chi connectivity index (χ2n) is 4.19. The van der Waals surface area contributed by atoms with Gasteiger partial charge in [0.1, 0.15) is 0 Å². The summed E-state index contributed by atoms with van der Waals surface area (Å²) in [6.07, 6.45) is 1.91. The fourth-order valence-corrected chi connectivity index (χ4v) is 1.88. The standard InChI is InChI=1S/C14H15N3O/c1-9-10(2)16-8-7-13(9)11-3-5-12(6-4-11)14(18)17-15/h3-8H,15H2,1-2H3,(H,17,18)/p+1. The van der Waals surface area contributed by atoms with Crippen LogP contribution in [0.15, 0.2) is 36.5 Å². The van der Waals surface area contributed by atoms with E-state index in [1.165, 1.54) is 5.56 Å². The summed E-state index contributed by atoms with van der Waals surface area (Å²) >= 11 is 0. The van der Waals surface area contributed by atoms with Gasteiger partial charge in [-0.25, -0.2) is 10.8 Å². The van der Waals surface area contributed by atoms with Gasteiger partial charge < -0.3 is 0 Å². The Morgan fingerprint density at radius 3 is 2.44 bits per heavy atom. The number of amides is 1. The largest absolute Gasteiger partial charge is 0.290 e. The van der Waals surface area contributed by atoms with Crippen molar-refractivity contribution in [3.8, 4) is 11.1 Å². The highest BCUT2D eigenvalue weighted by Crippen LogP contribution is 2.23. The van der Waals surface area contributed by atoms with Crippen LogP contribution in [0.5, 0.6) is 0 Å². The zero-order valence-corrected chi connectivity index (χ0v) is 10.4. The van der Waals surface area contributed by atoms with Gasteiger partial charge in [-0.15, -0.1) is 0 Å². The van der Waals surface area contributed by atoms with Crippen molar-refractivity contribution >= 4 is 5.91 Å². The van der Waals surface area contributed by atoms with Crippen LogP contribution in [0.3, 0.4) is 0 Å². The minimum absolute atomic E-state index is 0.282. The maximum absolute atomic E-state index is 11.3. The van der Waals surface area contributed by atoms with Gasteiger partial charge in [0.2, 0.25) is 0 Å². The first-order valence-electron chi connectivity index (χ1n) is 5.72. The number of nitrogen functional groups attached to an aromatic ring is 1. The van der Waals surface area contributed by atoms with E-state index < -0.39 is 0 Å². The monoisotopic (exact) mass is 242 g/mol. The van der Waals surface area contributed by atoms with Gasteiger partial charge in [0, 0.05) is 24.1 Å². The molecule has 0 saturated heterocycles. The number of pyridine rings is 1. The zero-order valence-electron chi connectivity index (χ0n) is 10.4. The average molecular weight is 242 g/mol. The smallest absolute Gasteiger partial charge is 0.265 e. The van der Waals surface area contributed by atoms with Gasteiger partial charge in [-0.2, -0.15) is 0 Å². The molecule has 1 aromatic heterocycles. The molecular formula is C14H16N3O+. The third-order valence-corrected chi connectivity index (χ3v) is 3.11. The van der Waals surface area contributed by atoms with E-state index in [1.807, 2.05) is 31.3 Å². The van der Waals surface area contributed by atoms with Crippen LogP contribution in [-0.2, 0) is 0 Å². The third-order valence-electron chi connectivity index (χ3n) is 3.11. The van der Waals surface area contributed by atoms with E-state index in [-0.39, 0.29) is 5.91 Å². The summed E-state index contributed by atoms with van der Waals surface area (Å²) in [4.78, 5) is 14.5. The summed E-state index contributed by atoms with van der Waals surface area (Å²) in [7, 11) is 0. The highest BCUT2D eigenvalue weighted by molar-refractivity contribution is 5.94.